The number of nitrogens with one attached hydrogen (secondary N) is 1. The van der Waals surface area contributed by atoms with Crippen molar-refractivity contribution in [2.75, 3.05) is 19.0 Å². The molecule has 0 unspecified atom stereocenters. The predicted molar refractivity (Wildman–Crippen MR) is 79.5 cm³/mol. The summed E-state index contributed by atoms with van der Waals surface area (Å²) >= 11 is 0. The minimum Gasteiger partial charge on any atom is -0.369 e. The number of anilines is 1. The van der Waals surface area contributed by atoms with E-state index in [2.05, 4.69) is 57.1 Å². The van der Waals surface area contributed by atoms with Gasteiger partial charge in [0, 0.05) is 24.8 Å². The zero-order valence-corrected chi connectivity index (χ0v) is 12.6. The Hall–Kier alpha value is -1.02. The summed E-state index contributed by atoms with van der Waals surface area (Å²) in [4.78, 5) is 2.44. The molecular weight excluding hydrogens is 220 g/mol. The Morgan fingerprint density at radius 2 is 2.06 bits per heavy atom. The minimum atomic E-state index is 0.253. The third-order valence-electron chi connectivity index (χ3n) is 4.46. The van der Waals surface area contributed by atoms with Gasteiger partial charge in [-0.3, -0.25) is 0 Å². The van der Waals surface area contributed by atoms with Gasteiger partial charge in [-0.1, -0.05) is 13.0 Å². The Balaban J connectivity index is 2.51. The molecule has 1 atom stereocenters. The monoisotopic (exact) mass is 246 g/mol. The molecule has 2 rings (SSSR count). The van der Waals surface area contributed by atoms with E-state index in [0.717, 1.165) is 6.54 Å². The van der Waals surface area contributed by atoms with Gasteiger partial charge in [-0.05, 0) is 62.9 Å². The fourth-order valence-electron chi connectivity index (χ4n) is 3.14. The first kappa shape index (κ1) is 13.4. The molecule has 0 saturated heterocycles. The van der Waals surface area contributed by atoms with E-state index < -0.39 is 0 Å². The van der Waals surface area contributed by atoms with Crippen molar-refractivity contribution in [1.29, 1.82) is 0 Å². The van der Waals surface area contributed by atoms with Crippen LogP contribution >= 0.6 is 0 Å². The zero-order valence-electron chi connectivity index (χ0n) is 12.6. The molecule has 1 aromatic rings. The van der Waals surface area contributed by atoms with Gasteiger partial charge >= 0.3 is 0 Å². The lowest BCUT2D eigenvalue weighted by atomic mass is 9.79. The van der Waals surface area contributed by atoms with Crippen LogP contribution in [0.4, 0.5) is 5.69 Å². The van der Waals surface area contributed by atoms with Crippen LogP contribution in [0.1, 0.15) is 49.8 Å². The number of benzene rings is 1. The summed E-state index contributed by atoms with van der Waals surface area (Å²) in [7, 11) is 4.24. The van der Waals surface area contributed by atoms with E-state index in [9.17, 15) is 0 Å². The van der Waals surface area contributed by atoms with Crippen molar-refractivity contribution in [1.82, 2.24) is 5.32 Å². The molecule has 0 bridgehead atoms. The summed E-state index contributed by atoms with van der Waals surface area (Å²) < 4.78 is 0. The fourth-order valence-corrected chi connectivity index (χ4v) is 3.14. The van der Waals surface area contributed by atoms with Crippen LogP contribution in [0.3, 0.4) is 0 Å². The minimum absolute atomic E-state index is 0.253. The lowest BCUT2D eigenvalue weighted by Crippen LogP contribution is -2.45. The molecule has 0 aliphatic carbocycles. The van der Waals surface area contributed by atoms with Gasteiger partial charge in [-0.25, -0.2) is 0 Å². The van der Waals surface area contributed by atoms with E-state index in [-0.39, 0.29) is 5.54 Å². The van der Waals surface area contributed by atoms with Crippen molar-refractivity contribution in [3.63, 3.8) is 0 Å². The van der Waals surface area contributed by atoms with Gasteiger partial charge in [0.15, 0.2) is 0 Å². The van der Waals surface area contributed by atoms with E-state index in [1.807, 2.05) is 7.05 Å². The lowest BCUT2D eigenvalue weighted by Gasteiger charge is -2.45. The maximum Gasteiger partial charge on any atom is 0.0406 e. The first-order valence-electron chi connectivity index (χ1n) is 6.88. The highest BCUT2D eigenvalue weighted by Crippen LogP contribution is 2.43. The first-order chi connectivity index (χ1) is 8.36. The molecule has 100 valence electrons. The van der Waals surface area contributed by atoms with E-state index in [0.29, 0.717) is 5.92 Å². The molecule has 2 nitrogen and oxygen atoms in total. The molecule has 0 radical (unpaired) electrons. The van der Waals surface area contributed by atoms with Gasteiger partial charge in [-0.15, -0.1) is 0 Å². The van der Waals surface area contributed by atoms with Gasteiger partial charge in [-0.2, -0.15) is 0 Å². The quantitative estimate of drug-likeness (QED) is 0.860. The molecule has 2 heteroatoms. The van der Waals surface area contributed by atoms with Crippen LogP contribution in [0.5, 0.6) is 0 Å². The SMILES string of the molecule is CNCc1cc2c(cc1C)N(C)C(C)(C)C[C@@H]2C. The van der Waals surface area contributed by atoms with Crippen LogP contribution in [0, 0.1) is 6.92 Å². The van der Waals surface area contributed by atoms with Crippen molar-refractivity contribution >= 4 is 5.69 Å². The van der Waals surface area contributed by atoms with Gasteiger partial charge in [0.2, 0.25) is 0 Å². The van der Waals surface area contributed by atoms with E-state index in [1.54, 1.807) is 0 Å². The summed E-state index contributed by atoms with van der Waals surface area (Å²) in [6.07, 6.45) is 1.22. The summed E-state index contributed by atoms with van der Waals surface area (Å²) in [5.74, 6) is 0.641. The van der Waals surface area contributed by atoms with Crippen molar-refractivity contribution in [3.05, 3.63) is 28.8 Å². The van der Waals surface area contributed by atoms with Crippen LogP contribution in [-0.2, 0) is 6.54 Å². The van der Waals surface area contributed by atoms with Crippen molar-refractivity contribution < 1.29 is 0 Å². The molecule has 18 heavy (non-hydrogen) atoms. The van der Waals surface area contributed by atoms with Crippen molar-refractivity contribution in [3.8, 4) is 0 Å². The molecule has 1 heterocycles. The van der Waals surface area contributed by atoms with Crippen molar-refractivity contribution in [2.45, 2.75) is 52.1 Å². The van der Waals surface area contributed by atoms with E-state index in [1.165, 1.54) is 28.8 Å². The lowest BCUT2D eigenvalue weighted by molar-refractivity contribution is 0.395. The third-order valence-corrected chi connectivity index (χ3v) is 4.46. The smallest absolute Gasteiger partial charge is 0.0406 e. The highest BCUT2D eigenvalue weighted by molar-refractivity contribution is 5.62. The van der Waals surface area contributed by atoms with Crippen LogP contribution in [0.25, 0.3) is 0 Å². The molecule has 0 amide bonds. The highest BCUT2D eigenvalue weighted by atomic mass is 15.2. The molecule has 1 aromatic carbocycles. The molecule has 1 N–H and O–H groups in total. The molecule has 0 fully saturated rings. The number of hydrogen-bond donors (Lipinski definition) is 1. The van der Waals surface area contributed by atoms with Gasteiger partial charge < -0.3 is 10.2 Å². The number of nitrogens with zero attached hydrogens (tertiary/aromatic N) is 1. The fraction of sp³-hybridized carbons (Fsp3) is 0.625. The summed E-state index contributed by atoms with van der Waals surface area (Å²) in [6, 6.07) is 4.76. The summed E-state index contributed by atoms with van der Waals surface area (Å²) in [5.41, 5.74) is 5.99. The van der Waals surface area contributed by atoms with Crippen molar-refractivity contribution in [2.24, 2.45) is 0 Å². The topological polar surface area (TPSA) is 15.3 Å². The molecule has 0 aromatic heterocycles. The Labute approximate surface area is 111 Å². The van der Waals surface area contributed by atoms with Crippen LogP contribution in [0.15, 0.2) is 12.1 Å². The van der Waals surface area contributed by atoms with Crippen LogP contribution in [-0.4, -0.2) is 19.6 Å². The normalized spacial score (nSPS) is 21.9. The Bertz CT molecular complexity index is 449. The van der Waals surface area contributed by atoms with Gasteiger partial charge in [0.25, 0.3) is 0 Å². The second-order valence-corrected chi connectivity index (χ2v) is 6.34. The average Bonchev–Trinajstić information content (AvgIpc) is 2.28. The first-order valence-corrected chi connectivity index (χ1v) is 6.88. The molecule has 1 aliphatic heterocycles. The van der Waals surface area contributed by atoms with E-state index >= 15 is 0 Å². The largest absolute Gasteiger partial charge is 0.369 e. The van der Waals surface area contributed by atoms with Gasteiger partial charge in [0.05, 0.1) is 0 Å². The second-order valence-electron chi connectivity index (χ2n) is 6.34. The summed E-state index contributed by atoms with van der Waals surface area (Å²) in [5, 5.41) is 3.26. The predicted octanol–water partition coefficient (Wildman–Crippen LogP) is 3.44. The Morgan fingerprint density at radius 1 is 1.39 bits per heavy atom. The summed E-state index contributed by atoms with van der Waals surface area (Å²) in [6.45, 7) is 10.2. The number of fused-ring (bicyclic) bond motifs is 1. The van der Waals surface area contributed by atoms with Gasteiger partial charge in [0.1, 0.15) is 0 Å². The zero-order chi connectivity index (χ0) is 13.5. The number of aryl methyl sites for hydroxylation is 1. The van der Waals surface area contributed by atoms with E-state index in [4.69, 9.17) is 0 Å². The molecule has 1 aliphatic rings. The second kappa shape index (κ2) is 4.58. The average molecular weight is 246 g/mol. The third kappa shape index (κ3) is 2.14. The maximum absolute atomic E-state index is 3.26. The molecule has 0 saturated carbocycles. The Kier molecular flexibility index (Phi) is 3.41. The highest BCUT2D eigenvalue weighted by Gasteiger charge is 2.34. The molecular formula is C16H26N2. The standard InChI is InChI=1S/C16H26N2/c1-11-7-15-14(8-13(11)10-17-5)12(2)9-16(3,4)18(15)6/h7-8,12,17H,9-10H2,1-6H3/t12-/m0/s1. The maximum atomic E-state index is 3.26. The number of rotatable bonds is 2. The Morgan fingerprint density at radius 3 is 2.67 bits per heavy atom. The van der Waals surface area contributed by atoms with Crippen LogP contribution < -0.4 is 10.2 Å². The molecule has 0 spiro atoms. The van der Waals surface area contributed by atoms with Crippen LogP contribution in [0.2, 0.25) is 0 Å². The number of hydrogen-bond acceptors (Lipinski definition) is 2.